The minimum atomic E-state index is -0.562. The zero-order chi connectivity index (χ0) is 20.1. The zero-order valence-electron chi connectivity index (χ0n) is 16.5. The second-order valence-corrected chi connectivity index (χ2v) is 7.86. The lowest BCUT2D eigenvalue weighted by Gasteiger charge is -2.36. The molecule has 0 atom stereocenters. The summed E-state index contributed by atoms with van der Waals surface area (Å²) >= 11 is 0. The van der Waals surface area contributed by atoms with Crippen LogP contribution in [0.1, 0.15) is 43.2 Å². The van der Waals surface area contributed by atoms with Gasteiger partial charge in [0, 0.05) is 6.54 Å². The highest BCUT2D eigenvalue weighted by Gasteiger charge is 2.40. The molecule has 0 saturated heterocycles. The van der Waals surface area contributed by atoms with Gasteiger partial charge in [0.05, 0.1) is 5.41 Å². The fourth-order valence-electron chi connectivity index (χ4n) is 4.49. The maximum absolute atomic E-state index is 13.5. The van der Waals surface area contributed by atoms with Gasteiger partial charge in [-0.3, -0.25) is 4.79 Å². The molecule has 1 aliphatic carbocycles. The minimum absolute atomic E-state index is 0.0478. The summed E-state index contributed by atoms with van der Waals surface area (Å²) in [4.78, 5) is 13.4. The van der Waals surface area contributed by atoms with Crippen molar-refractivity contribution in [2.75, 3.05) is 0 Å². The molecule has 1 amide bonds. The molecule has 4 rings (SSSR count). The van der Waals surface area contributed by atoms with Crippen LogP contribution in [0.25, 0.3) is 11.1 Å². The van der Waals surface area contributed by atoms with Crippen molar-refractivity contribution < 1.29 is 9.18 Å². The van der Waals surface area contributed by atoms with Crippen LogP contribution in [0.5, 0.6) is 0 Å². The van der Waals surface area contributed by atoms with Crippen molar-refractivity contribution in [1.82, 2.24) is 5.32 Å². The van der Waals surface area contributed by atoms with Crippen LogP contribution < -0.4 is 5.32 Å². The van der Waals surface area contributed by atoms with Crippen molar-refractivity contribution in [3.63, 3.8) is 0 Å². The highest BCUT2D eigenvalue weighted by Crippen LogP contribution is 2.40. The molecule has 0 heterocycles. The smallest absolute Gasteiger partial charge is 0.230 e. The quantitative estimate of drug-likeness (QED) is 0.571. The lowest BCUT2D eigenvalue weighted by molar-refractivity contribution is -0.128. The number of halogens is 1. The van der Waals surface area contributed by atoms with E-state index >= 15 is 0 Å². The summed E-state index contributed by atoms with van der Waals surface area (Å²) in [6, 6.07) is 24.9. The van der Waals surface area contributed by atoms with Gasteiger partial charge in [-0.15, -0.1) is 0 Å². The first kappa shape index (κ1) is 19.4. The molecule has 1 N–H and O–H groups in total. The van der Waals surface area contributed by atoms with E-state index < -0.39 is 5.41 Å². The molecule has 0 spiro atoms. The van der Waals surface area contributed by atoms with Gasteiger partial charge in [-0.05, 0) is 47.2 Å². The SMILES string of the molecule is O=C(NCc1ccccc1-c1ccccc1)C1(c2ccc(F)cc2)CCCCC1. The Hall–Kier alpha value is -2.94. The standard InChI is InChI=1S/C26H26FNO/c27-23-15-13-22(14-16-23)26(17-7-2-8-18-26)25(29)28-19-21-11-5-6-12-24(21)20-9-3-1-4-10-20/h1,3-6,9-16H,2,7-8,17-19H2,(H,28,29). The van der Waals surface area contributed by atoms with Crippen molar-refractivity contribution in [2.24, 2.45) is 0 Å². The summed E-state index contributed by atoms with van der Waals surface area (Å²) in [6.45, 7) is 0.479. The van der Waals surface area contributed by atoms with Gasteiger partial charge in [-0.2, -0.15) is 0 Å². The fraction of sp³-hybridized carbons (Fsp3) is 0.269. The summed E-state index contributed by atoms with van der Waals surface area (Å²) in [7, 11) is 0. The average molecular weight is 387 g/mol. The number of carbonyl (C=O) groups is 1. The third-order valence-corrected chi connectivity index (χ3v) is 6.08. The molecular weight excluding hydrogens is 361 g/mol. The first-order valence-corrected chi connectivity index (χ1v) is 10.4. The molecule has 148 valence electrons. The summed E-state index contributed by atoms with van der Waals surface area (Å²) in [5, 5.41) is 3.20. The van der Waals surface area contributed by atoms with Crippen LogP contribution in [-0.4, -0.2) is 5.91 Å². The predicted octanol–water partition coefficient (Wildman–Crippen LogP) is 6.01. The van der Waals surface area contributed by atoms with Crippen LogP contribution in [0, 0.1) is 5.82 Å². The second kappa shape index (κ2) is 8.60. The number of carbonyl (C=O) groups excluding carboxylic acids is 1. The Bertz CT molecular complexity index is 960. The van der Waals surface area contributed by atoms with E-state index in [0.717, 1.165) is 54.4 Å². The molecule has 3 aromatic carbocycles. The van der Waals surface area contributed by atoms with Crippen LogP contribution in [0.15, 0.2) is 78.9 Å². The van der Waals surface area contributed by atoms with E-state index in [9.17, 15) is 9.18 Å². The number of benzene rings is 3. The van der Waals surface area contributed by atoms with E-state index in [2.05, 4.69) is 29.6 Å². The Morgan fingerprint density at radius 3 is 2.21 bits per heavy atom. The van der Waals surface area contributed by atoms with Crippen molar-refractivity contribution in [1.29, 1.82) is 0 Å². The van der Waals surface area contributed by atoms with E-state index in [1.807, 2.05) is 30.3 Å². The highest BCUT2D eigenvalue weighted by atomic mass is 19.1. The number of hydrogen-bond acceptors (Lipinski definition) is 1. The van der Waals surface area contributed by atoms with Crippen molar-refractivity contribution in [3.8, 4) is 11.1 Å². The van der Waals surface area contributed by atoms with E-state index in [0.29, 0.717) is 6.54 Å². The Morgan fingerprint density at radius 1 is 0.828 bits per heavy atom. The molecule has 0 aliphatic heterocycles. The van der Waals surface area contributed by atoms with E-state index in [-0.39, 0.29) is 11.7 Å². The van der Waals surface area contributed by atoms with Gasteiger partial charge >= 0.3 is 0 Å². The lowest BCUT2D eigenvalue weighted by Crippen LogP contribution is -2.45. The van der Waals surface area contributed by atoms with Gasteiger partial charge < -0.3 is 5.32 Å². The second-order valence-electron chi connectivity index (χ2n) is 7.86. The third kappa shape index (κ3) is 4.09. The fourth-order valence-corrected chi connectivity index (χ4v) is 4.49. The monoisotopic (exact) mass is 387 g/mol. The van der Waals surface area contributed by atoms with Gasteiger partial charge in [0.1, 0.15) is 5.82 Å². The van der Waals surface area contributed by atoms with Gasteiger partial charge in [0.2, 0.25) is 5.91 Å². The Kier molecular flexibility index (Phi) is 5.75. The molecule has 0 bridgehead atoms. The minimum Gasteiger partial charge on any atom is -0.351 e. The van der Waals surface area contributed by atoms with Gasteiger partial charge in [-0.1, -0.05) is 86.0 Å². The predicted molar refractivity (Wildman–Crippen MR) is 115 cm³/mol. The van der Waals surface area contributed by atoms with Crippen molar-refractivity contribution >= 4 is 5.91 Å². The lowest BCUT2D eigenvalue weighted by atomic mass is 9.68. The largest absolute Gasteiger partial charge is 0.351 e. The Labute approximate surface area is 171 Å². The summed E-state index contributed by atoms with van der Waals surface area (Å²) < 4.78 is 13.5. The molecule has 29 heavy (non-hydrogen) atoms. The molecule has 0 unspecified atom stereocenters. The Balaban J connectivity index is 1.58. The topological polar surface area (TPSA) is 29.1 Å². The molecular formula is C26H26FNO. The summed E-state index contributed by atoms with van der Waals surface area (Å²) in [5.41, 5.74) is 3.73. The highest BCUT2D eigenvalue weighted by molar-refractivity contribution is 5.88. The summed E-state index contributed by atoms with van der Waals surface area (Å²) in [6.07, 6.45) is 4.81. The van der Waals surface area contributed by atoms with Crippen LogP contribution in [0.4, 0.5) is 4.39 Å². The van der Waals surface area contributed by atoms with Crippen molar-refractivity contribution in [3.05, 3.63) is 95.8 Å². The number of rotatable bonds is 5. The number of amides is 1. The maximum Gasteiger partial charge on any atom is 0.230 e. The van der Waals surface area contributed by atoms with E-state index in [1.54, 1.807) is 12.1 Å². The van der Waals surface area contributed by atoms with Crippen molar-refractivity contribution in [2.45, 2.75) is 44.1 Å². The van der Waals surface area contributed by atoms with Gasteiger partial charge in [0.15, 0.2) is 0 Å². The molecule has 1 aliphatic rings. The van der Waals surface area contributed by atoms with Crippen LogP contribution in [-0.2, 0) is 16.8 Å². The normalized spacial score (nSPS) is 15.6. The first-order valence-electron chi connectivity index (χ1n) is 10.4. The average Bonchev–Trinajstić information content (AvgIpc) is 2.79. The van der Waals surface area contributed by atoms with Crippen LogP contribution in [0.2, 0.25) is 0 Å². The third-order valence-electron chi connectivity index (χ3n) is 6.08. The summed E-state index contributed by atoms with van der Waals surface area (Å²) in [5.74, 6) is -0.219. The maximum atomic E-state index is 13.5. The Morgan fingerprint density at radius 2 is 1.48 bits per heavy atom. The molecule has 3 aromatic rings. The van der Waals surface area contributed by atoms with Gasteiger partial charge in [0.25, 0.3) is 0 Å². The van der Waals surface area contributed by atoms with Gasteiger partial charge in [-0.25, -0.2) is 4.39 Å². The van der Waals surface area contributed by atoms with Crippen LogP contribution >= 0.6 is 0 Å². The molecule has 0 aromatic heterocycles. The van der Waals surface area contributed by atoms with E-state index in [1.165, 1.54) is 12.1 Å². The number of nitrogens with one attached hydrogen (secondary N) is 1. The molecule has 1 fully saturated rings. The first-order chi connectivity index (χ1) is 14.2. The molecule has 3 heteroatoms. The molecule has 0 radical (unpaired) electrons. The zero-order valence-corrected chi connectivity index (χ0v) is 16.5. The molecule has 1 saturated carbocycles. The van der Waals surface area contributed by atoms with Crippen LogP contribution in [0.3, 0.4) is 0 Å². The van der Waals surface area contributed by atoms with E-state index in [4.69, 9.17) is 0 Å². The number of hydrogen-bond donors (Lipinski definition) is 1. The molecule has 2 nitrogen and oxygen atoms in total.